The van der Waals surface area contributed by atoms with Crippen LogP contribution in [0.25, 0.3) is 0 Å². The van der Waals surface area contributed by atoms with Crippen LogP contribution in [0, 0.1) is 0 Å². The van der Waals surface area contributed by atoms with E-state index < -0.39 is 0 Å². The molecule has 0 bridgehead atoms. The van der Waals surface area contributed by atoms with E-state index in [2.05, 4.69) is 0 Å². The number of hydrogen-bond donors (Lipinski definition) is 0. The third kappa shape index (κ3) is 1.87. The van der Waals surface area contributed by atoms with Crippen molar-refractivity contribution in [3.63, 3.8) is 0 Å². The fraction of sp³-hybridized carbons (Fsp3) is 0.625. The van der Waals surface area contributed by atoms with Gasteiger partial charge in [0, 0.05) is 12.8 Å². The summed E-state index contributed by atoms with van der Waals surface area (Å²) >= 11 is 0. The molecule has 0 spiro atoms. The van der Waals surface area contributed by atoms with Crippen LogP contribution in [0.5, 0.6) is 0 Å². The van der Waals surface area contributed by atoms with E-state index in [4.69, 9.17) is 4.74 Å². The molecule has 0 saturated heterocycles. The first-order valence-electron chi connectivity index (χ1n) is 3.72. The van der Waals surface area contributed by atoms with Crippen LogP contribution in [0.15, 0.2) is 11.8 Å². The van der Waals surface area contributed by atoms with Crippen molar-refractivity contribution in [1.82, 2.24) is 0 Å². The Bertz CT molecular complexity index is 159. The van der Waals surface area contributed by atoms with Crippen LogP contribution < -0.4 is 0 Å². The van der Waals surface area contributed by atoms with Gasteiger partial charge >= 0.3 is 5.97 Å². The number of rotatable bonds is 3. The quantitative estimate of drug-likeness (QED) is 0.560. The van der Waals surface area contributed by atoms with Gasteiger partial charge in [-0.25, -0.2) is 0 Å². The summed E-state index contributed by atoms with van der Waals surface area (Å²) in [5, 5.41) is 0. The molecule has 1 rings (SSSR count). The lowest BCUT2D eigenvalue weighted by atomic mass is 10.1. The van der Waals surface area contributed by atoms with Gasteiger partial charge in [0.1, 0.15) is 5.76 Å². The molecule has 0 unspecified atom stereocenters. The minimum absolute atomic E-state index is 0.0894. The highest BCUT2D eigenvalue weighted by Gasteiger charge is 2.10. The van der Waals surface area contributed by atoms with Gasteiger partial charge in [-0.05, 0) is 18.9 Å². The Hall–Kier alpha value is -0.790. The molecule has 0 atom stereocenters. The lowest BCUT2D eigenvalue weighted by molar-refractivity contribution is -0.140. The number of carbonyl (C=O) groups excluding carboxylic acids is 1. The van der Waals surface area contributed by atoms with E-state index in [1.54, 1.807) is 0 Å². The van der Waals surface area contributed by atoms with Crippen molar-refractivity contribution in [1.29, 1.82) is 0 Å². The molecule has 0 amide bonds. The Labute approximate surface area is 60.9 Å². The first-order chi connectivity index (χ1) is 4.83. The summed E-state index contributed by atoms with van der Waals surface area (Å²) in [6.07, 6.45) is 5.36. The normalized spacial score (nSPS) is 15.5. The predicted molar refractivity (Wildman–Crippen MR) is 38.3 cm³/mol. The smallest absolute Gasteiger partial charge is 0.310 e. The molecule has 2 nitrogen and oxygen atoms in total. The molecule has 2 heteroatoms. The number of allylic oxidation sites excluding steroid dienone is 2. The molecule has 0 saturated carbocycles. The molecule has 0 fully saturated rings. The standard InChI is InChI=1S/C8H12O2/c1-2-4-8(9)10-7-5-3-6-7/h5H,2-4,6H2,1H3. The Morgan fingerprint density at radius 1 is 1.80 bits per heavy atom. The van der Waals surface area contributed by atoms with Crippen LogP contribution in [0.1, 0.15) is 32.6 Å². The average Bonchev–Trinajstić information content (AvgIpc) is 1.80. The van der Waals surface area contributed by atoms with E-state index in [-0.39, 0.29) is 5.97 Å². The molecule has 0 N–H and O–H groups in total. The van der Waals surface area contributed by atoms with E-state index in [1.807, 2.05) is 13.0 Å². The van der Waals surface area contributed by atoms with Crippen molar-refractivity contribution >= 4 is 5.97 Å². The summed E-state index contributed by atoms with van der Waals surface area (Å²) in [6, 6.07) is 0. The van der Waals surface area contributed by atoms with Gasteiger partial charge in [0.05, 0.1) is 0 Å². The summed E-state index contributed by atoms with van der Waals surface area (Å²) in [5.74, 6) is 0.770. The number of carbonyl (C=O) groups is 1. The molecule has 1 aliphatic rings. The fourth-order valence-electron chi connectivity index (χ4n) is 0.756. The van der Waals surface area contributed by atoms with Crippen LogP contribution in [0.2, 0.25) is 0 Å². The lowest BCUT2D eigenvalue weighted by Crippen LogP contribution is -2.07. The predicted octanol–water partition coefficient (Wildman–Crippen LogP) is 2.01. The monoisotopic (exact) mass is 140 g/mol. The zero-order valence-corrected chi connectivity index (χ0v) is 6.22. The van der Waals surface area contributed by atoms with Gasteiger partial charge in [0.2, 0.25) is 0 Å². The van der Waals surface area contributed by atoms with Gasteiger partial charge in [-0.3, -0.25) is 4.79 Å². The van der Waals surface area contributed by atoms with E-state index in [0.717, 1.165) is 25.0 Å². The van der Waals surface area contributed by atoms with Gasteiger partial charge in [-0.15, -0.1) is 0 Å². The highest BCUT2D eigenvalue weighted by molar-refractivity contribution is 5.70. The van der Waals surface area contributed by atoms with Crippen molar-refractivity contribution < 1.29 is 9.53 Å². The highest BCUT2D eigenvalue weighted by atomic mass is 16.5. The second kappa shape index (κ2) is 3.40. The maximum Gasteiger partial charge on any atom is 0.310 e. The van der Waals surface area contributed by atoms with Crippen molar-refractivity contribution in [2.45, 2.75) is 32.6 Å². The minimum Gasteiger partial charge on any atom is -0.431 e. The van der Waals surface area contributed by atoms with Gasteiger partial charge in [0.15, 0.2) is 0 Å². The molecule has 0 aromatic carbocycles. The molecule has 1 aliphatic carbocycles. The average molecular weight is 140 g/mol. The summed E-state index contributed by atoms with van der Waals surface area (Å²) in [4.78, 5) is 10.8. The van der Waals surface area contributed by atoms with Gasteiger partial charge < -0.3 is 4.74 Å². The Morgan fingerprint density at radius 2 is 2.50 bits per heavy atom. The lowest BCUT2D eigenvalue weighted by Gasteiger charge is -2.13. The van der Waals surface area contributed by atoms with E-state index in [0.29, 0.717) is 6.42 Å². The number of hydrogen-bond acceptors (Lipinski definition) is 2. The maximum atomic E-state index is 10.8. The summed E-state index contributed by atoms with van der Waals surface area (Å²) in [5.41, 5.74) is 0. The van der Waals surface area contributed by atoms with E-state index in [1.165, 1.54) is 0 Å². The summed E-state index contributed by atoms with van der Waals surface area (Å²) in [6.45, 7) is 1.97. The first kappa shape index (κ1) is 7.32. The van der Waals surface area contributed by atoms with Crippen LogP contribution in [0.3, 0.4) is 0 Å². The molecular weight excluding hydrogens is 128 g/mol. The van der Waals surface area contributed by atoms with Gasteiger partial charge in [-0.1, -0.05) is 6.92 Å². The number of esters is 1. The second-order valence-corrected chi connectivity index (χ2v) is 2.43. The van der Waals surface area contributed by atoms with Gasteiger partial charge in [0.25, 0.3) is 0 Å². The molecule has 10 heavy (non-hydrogen) atoms. The van der Waals surface area contributed by atoms with Crippen LogP contribution in [-0.4, -0.2) is 5.97 Å². The molecule has 0 heterocycles. The maximum absolute atomic E-state index is 10.8. The minimum atomic E-state index is -0.0894. The molecule has 0 aromatic heterocycles. The number of ether oxygens (including phenoxy) is 1. The van der Waals surface area contributed by atoms with Crippen LogP contribution >= 0.6 is 0 Å². The summed E-state index contributed by atoms with van der Waals surface area (Å²) in [7, 11) is 0. The van der Waals surface area contributed by atoms with Gasteiger partial charge in [-0.2, -0.15) is 0 Å². The van der Waals surface area contributed by atoms with Crippen LogP contribution in [-0.2, 0) is 9.53 Å². The molecule has 0 aromatic rings. The van der Waals surface area contributed by atoms with Crippen molar-refractivity contribution in [3.8, 4) is 0 Å². The van der Waals surface area contributed by atoms with E-state index >= 15 is 0 Å². The van der Waals surface area contributed by atoms with Crippen molar-refractivity contribution in [3.05, 3.63) is 11.8 Å². The molecule has 56 valence electrons. The second-order valence-electron chi connectivity index (χ2n) is 2.43. The SMILES string of the molecule is CCCC(=O)OC1=CCC1. The molecule has 0 aliphatic heterocycles. The molecule has 0 radical (unpaired) electrons. The highest BCUT2D eigenvalue weighted by Crippen LogP contribution is 2.19. The van der Waals surface area contributed by atoms with Crippen LogP contribution in [0.4, 0.5) is 0 Å². The fourth-order valence-corrected chi connectivity index (χ4v) is 0.756. The zero-order valence-electron chi connectivity index (χ0n) is 6.22. The molecular formula is C8H12O2. The first-order valence-corrected chi connectivity index (χ1v) is 3.72. The Morgan fingerprint density at radius 3 is 2.90 bits per heavy atom. The van der Waals surface area contributed by atoms with E-state index in [9.17, 15) is 4.79 Å². The topological polar surface area (TPSA) is 26.3 Å². The third-order valence-corrected chi connectivity index (χ3v) is 1.46. The van der Waals surface area contributed by atoms with Crippen molar-refractivity contribution in [2.75, 3.05) is 0 Å². The summed E-state index contributed by atoms with van der Waals surface area (Å²) < 4.78 is 4.95. The Balaban J connectivity index is 2.17. The third-order valence-electron chi connectivity index (χ3n) is 1.46. The van der Waals surface area contributed by atoms with Crippen molar-refractivity contribution in [2.24, 2.45) is 0 Å². The zero-order chi connectivity index (χ0) is 7.40. The Kier molecular flexibility index (Phi) is 2.49. The largest absolute Gasteiger partial charge is 0.431 e.